The molecule has 1 N–H and O–H groups in total. The Bertz CT molecular complexity index is 496. The number of hydrogen-bond acceptors (Lipinski definition) is 4. The number of nitrogens with zero attached hydrogens (tertiary/aromatic N) is 1. The SMILES string of the molecule is O=C1Cc2ccc([N+](=O)[O-])cc2CC(=O)N1. The second-order valence-corrected chi connectivity index (χ2v) is 3.54. The van der Waals surface area contributed by atoms with Crippen molar-refractivity contribution < 1.29 is 14.5 Å². The summed E-state index contributed by atoms with van der Waals surface area (Å²) >= 11 is 0. The van der Waals surface area contributed by atoms with Crippen LogP contribution in [-0.2, 0) is 22.4 Å². The molecule has 0 bridgehead atoms. The lowest BCUT2D eigenvalue weighted by Gasteiger charge is -2.02. The van der Waals surface area contributed by atoms with Gasteiger partial charge in [0.05, 0.1) is 17.8 Å². The molecule has 1 aromatic rings. The normalized spacial score (nSPS) is 15.0. The molecule has 0 saturated carbocycles. The zero-order valence-electron chi connectivity index (χ0n) is 8.23. The number of rotatable bonds is 1. The number of non-ortho nitro benzene ring substituents is 1. The number of benzene rings is 1. The highest BCUT2D eigenvalue weighted by Crippen LogP contribution is 2.20. The third-order valence-corrected chi connectivity index (χ3v) is 2.38. The van der Waals surface area contributed by atoms with Crippen molar-refractivity contribution in [1.29, 1.82) is 0 Å². The van der Waals surface area contributed by atoms with Crippen molar-refractivity contribution in [2.45, 2.75) is 12.8 Å². The van der Waals surface area contributed by atoms with E-state index in [1.54, 1.807) is 0 Å². The van der Waals surface area contributed by atoms with Gasteiger partial charge in [0.1, 0.15) is 0 Å². The number of nitro groups is 1. The number of carbonyl (C=O) groups is 2. The molecular formula is C10H8N2O4. The van der Waals surface area contributed by atoms with Gasteiger partial charge < -0.3 is 0 Å². The predicted octanol–water partition coefficient (Wildman–Crippen LogP) is 0.336. The highest BCUT2D eigenvalue weighted by Gasteiger charge is 2.20. The Morgan fingerprint density at radius 3 is 2.38 bits per heavy atom. The molecular weight excluding hydrogens is 212 g/mol. The lowest BCUT2D eigenvalue weighted by Crippen LogP contribution is -2.30. The number of carbonyl (C=O) groups excluding carboxylic acids is 2. The first-order valence-corrected chi connectivity index (χ1v) is 4.65. The van der Waals surface area contributed by atoms with Crippen LogP contribution in [0.2, 0.25) is 0 Å². The Kier molecular flexibility index (Phi) is 2.40. The number of amides is 2. The summed E-state index contributed by atoms with van der Waals surface area (Å²) < 4.78 is 0. The van der Waals surface area contributed by atoms with Crippen LogP contribution in [0.25, 0.3) is 0 Å². The number of nitro benzene ring substituents is 1. The molecule has 0 saturated heterocycles. The molecule has 2 rings (SSSR count). The van der Waals surface area contributed by atoms with Crippen molar-refractivity contribution in [2.75, 3.05) is 0 Å². The van der Waals surface area contributed by atoms with Gasteiger partial charge in [0, 0.05) is 12.1 Å². The monoisotopic (exact) mass is 220 g/mol. The summed E-state index contributed by atoms with van der Waals surface area (Å²) in [6, 6.07) is 4.20. The summed E-state index contributed by atoms with van der Waals surface area (Å²) in [6.45, 7) is 0. The number of nitrogens with one attached hydrogen (secondary N) is 1. The van der Waals surface area contributed by atoms with Crippen LogP contribution < -0.4 is 5.32 Å². The van der Waals surface area contributed by atoms with Crippen molar-refractivity contribution in [3.05, 3.63) is 39.4 Å². The molecule has 16 heavy (non-hydrogen) atoms. The molecule has 1 aromatic carbocycles. The highest BCUT2D eigenvalue weighted by molar-refractivity contribution is 5.98. The quantitative estimate of drug-likeness (QED) is 0.419. The van der Waals surface area contributed by atoms with Crippen LogP contribution in [0.3, 0.4) is 0 Å². The van der Waals surface area contributed by atoms with E-state index in [4.69, 9.17) is 0 Å². The van der Waals surface area contributed by atoms with Gasteiger partial charge in [-0.1, -0.05) is 6.07 Å². The second-order valence-electron chi connectivity index (χ2n) is 3.54. The first-order chi connectivity index (χ1) is 7.56. The number of hydrogen-bond donors (Lipinski definition) is 1. The molecule has 0 spiro atoms. The van der Waals surface area contributed by atoms with Gasteiger partial charge in [0.2, 0.25) is 11.8 Å². The predicted molar refractivity (Wildman–Crippen MR) is 53.7 cm³/mol. The Hall–Kier alpha value is -2.24. The van der Waals surface area contributed by atoms with Crippen molar-refractivity contribution in [1.82, 2.24) is 5.32 Å². The molecule has 1 aliphatic heterocycles. The lowest BCUT2D eigenvalue weighted by molar-refractivity contribution is -0.384. The van der Waals surface area contributed by atoms with E-state index < -0.39 is 10.8 Å². The first-order valence-electron chi connectivity index (χ1n) is 4.65. The first kappa shape index (κ1) is 10.3. The van der Waals surface area contributed by atoms with Gasteiger partial charge in [0.15, 0.2) is 0 Å². The molecule has 0 aromatic heterocycles. The van der Waals surface area contributed by atoms with E-state index >= 15 is 0 Å². The molecule has 0 atom stereocenters. The van der Waals surface area contributed by atoms with Crippen molar-refractivity contribution >= 4 is 17.5 Å². The Morgan fingerprint density at radius 2 is 1.75 bits per heavy atom. The molecule has 0 radical (unpaired) electrons. The Balaban J connectivity index is 2.46. The summed E-state index contributed by atoms with van der Waals surface area (Å²) in [6.07, 6.45) is 0.0851. The smallest absolute Gasteiger partial charge is 0.269 e. The van der Waals surface area contributed by atoms with Crippen LogP contribution in [0, 0.1) is 10.1 Å². The number of fused-ring (bicyclic) bond motifs is 1. The molecule has 2 amide bonds. The second kappa shape index (κ2) is 3.73. The van der Waals surface area contributed by atoms with Gasteiger partial charge in [-0.3, -0.25) is 25.0 Å². The highest BCUT2D eigenvalue weighted by atomic mass is 16.6. The molecule has 0 fully saturated rings. The van der Waals surface area contributed by atoms with E-state index in [1.165, 1.54) is 18.2 Å². The summed E-state index contributed by atoms with van der Waals surface area (Å²) in [5.41, 5.74) is 1.13. The Morgan fingerprint density at radius 1 is 1.12 bits per heavy atom. The Labute approximate surface area is 90.4 Å². The summed E-state index contributed by atoms with van der Waals surface area (Å²) in [5.74, 6) is -0.804. The van der Waals surface area contributed by atoms with Crippen LogP contribution in [0.15, 0.2) is 18.2 Å². The van der Waals surface area contributed by atoms with E-state index in [1.807, 2.05) is 0 Å². The number of imide groups is 1. The minimum Gasteiger partial charge on any atom is -0.296 e. The van der Waals surface area contributed by atoms with Crippen LogP contribution >= 0.6 is 0 Å². The minimum atomic E-state index is -0.523. The maximum atomic E-state index is 11.2. The largest absolute Gasteiger partial charge is 0.296 e. The lowest BCUT2D eigenvalue weighted by atomic mass is 10.0. The van der Waals surface area contributed by atoms with Gasteiger partial charge in [-0.2, -0.15) is 0 Å². The average molecular weight is 220 g/mol. The maximum Gasteiger partial charge on any atom is 0.269 e. The van der Waals surface area contributed by atoms with E-state index in [9.17, 15) is 19.7 Å². The summed E-state index contributed by atoms with van der Waals surface area (Å²) in [5, 5.41) is 12.7. The van der Waals surface area contributed by atoms with Gasteiger partial charge in [-0.15, -0.1) is 0 Å². The summed E-state index contributed by atoms with van der Waals surface area (Å²) in [4.78, 5) is 32.5. The zero-order valence-corrected chi connectivity index (χ0v) is 8.23. The third-order valence-electron chi connectivity index (χ3n) is 2.38. The minimum absolute atomic E-state index is 0.00273. The van der Waals surface area contributed by atoms with Crippen LogP contribution in [0.4, 0.5) is 5.69 Å². The van der Waals surface area contributed by atoms with E-state index in [2.05, 4.69) is 5.32 Å². The standard InChI is InChI=1S/C10H8N2O4/c13-9-4-6-1-2-8(12(15)16)3-7(6)5-10(14)11-9/h1-3H,4-5H2,(H,11,13,14). The fourth-order valence-electron chi connectivity index (χ4n) is 1.65. The van der Waals surface area contributed by atoms with Gasteiger partial charge in [-0.05, 0) is 11.1 Å². The van der Waals surface area contributed by atoms with Crippen molar-refractivity contribution in [3.8, 4) is 0 Å². The molecule has 1 heterocycles. The van der Waals surface area contributed by atoms with E-state index in [0.717, 1.165) is 0 Å². The van der Waals surface area contributed by atoms with Gasteiger partial charge in [0.25, 0.3) is 5.69 Å². The molecule has 0 unspecified atom stereocenters. The van der Waals surface area contributed by atoms with Crippen molar-refractivity contribution in [3.63, 3.8) is 0 Å². The molecule has 6 heteroatoms. The fourth-order valence-corrected chi connectivity index (χ4v) is 1.65. The van der Waals surface area contributed by atoms with Crippen LogP contribution in [0.1, 0.15) is 11.1 Å². The van der Waals surface area contributed by atoms with Gasteiger partial charge in [-0.25, -0.2) is 0 Å². The summed E-state index contributed by atoms with van der Waals surface area (Å²) in [7, 11) is 0. The fraction of sp³-hybridized carbons (Fsp3) is 0.200. The van der Waals surface area contributed by atoms with Crippen molar-refractivity contribution in [2.24, 2.45) is 0 Å². The average Bonchev–Trinajstić information content (AvgIpc) is 2.32. The maximum absolute atomic E-state index is 11.2. The topological polar surface area (TPSA) is 89.3 Å². The molecule has 1 aliphatic rings. The van der Waals surface area contributed by atoms with Crippen LogP contribution in [0.5, 0.6) is 0 Å². The molecule has 0 aliphatic carbocycles. The van der Waals surface area contributed by atoms with Gasteiger partial charge >= 0.3 is 0 Å². The molecule has 6 nitrogen and oxygen atoms in total. The molecule has 82 valence electrons. The van der Waals surface area contributed by atoms with E-state index in [-0.39, 0.29) is 24.4 Å². The zero-order chi connectivity index (χ0) is 11.7. The van der Waals surface area contributed by atoms with E-state index in [0.29, 0.717) is 11.1 Å². The third kappa shape index (κ3) is 1.90. The van der Waals surface area contributed by atoms with Crippen LogP contribution in [-0.4, -0.2) is 16.7 Å².